The fraction of sp³-hybridized carbons (Fsp3) is 0.125. The molecule has 1 aliphatic rings. The number of anilines is 2. The number of halogens is 7. The molecule has 0 aliphatic carbocycles. The fourth-order valence-corrected chi connectivity index (χ4v) is 3.86. The third kappa shape index (κ3) is 7.06. The first-order valence-corrected chi connectivity index (χ1v) is 11.8. The average molecular weight is 664 g/mol. The lowest BCUT2D eigenvalue weighted by Gasteiger charge is -2.10. The second-order valence-electron chi connectivity index (χ2n) is 7.83. The molecule has 0 spiro atoms. The zero-order chi connectivity index (χ0) is 31.4. The number of aromatic amines is 1. The van der Waals surface area contributed by atoms with Gasteiger partial charge in [0, 0.05) is 28.0 Å². The van der Waals surface area contributed by atoms with Crippen LogP contribution in [0.1, 0.15) is 0 Å². The lowest BCUT2D eigenvalue weighted by molar-refractivity contribution is -0.193. The average Bonchev–Trinajstić information content (AvgIpc) is 3.28. The van der Waals surface area contributed by atoms with Crippen LogP contribution in [0.3, 0.4) is 0 Å². The molecule has 4 heterocycles. The molecule has 5 rings (SSSR count). The van der Waals surface area contributed by atoms with Gasteiger partial charge >= 0.3 is 24.3 Å². The van der Waals surface area contributed by atoms with Gasteiger partial charge in [-0.15, -0.1) is 0 Å². The van der Waals surface area contributed by atoms with Gasteiger partial charge in [0.25, 0.3) is 0 Å². The van der Waals surface area contributed by atoms with E-state index in [9.17, 15) is 31.4 Å². The Morgan fingerprint density at radius 3 is 2.14 bits per heavy atom. The Balaban J connectivity index is 0.000000289. The van der Waals surface area contributed by atoms with Gasteiger partial charge in [-0.1, -0.05) is 0 Å². The van der Waals surface area contributed by atoms with Crippen LogP contribution < -0.4 is 10.1 Å². The maximum atomic E-state index is 10.7. The number of carbonyl (C=O) groups is 2. The molecule has 0 unspecified atom stereocenters. The summed E-state index contributed by atoms with van der Waals surface area (Å²) in [6, 6.07) is 9.25. The molecule has 0 saturated heterocycles. The Morgan fingerprint density at radius 2 is 1.57 bits per heavy atom. The number of alkyl halides is 6. The second kappa shape index (κ2) is 12.3. The zero-order valence-corrected chi connectivity index (χ0v) is 22.3. The highest BCUT2D eigenvalue weighted by Gasteiger charge is 2.39. The summed E-state index contributed by atoms with van der Waals surface area (Å²) in [4.78, 5) is 34.6. The van der Waals surface area contributed by atoms with Gasteiger partial charge in [0.05, 0.1) is 30.3 Å². The smallest absolute Gasteiger partial charge is 0.490 e. The van der Waals surface area contributed by atoms with Crippen molar-refractivity contribution in [3.8, 4) is 45.4 Å². The SMILES string of the molecule is COc1ccc(Br)c(-c2nc3c([nH]2)-c2ccncc2Nc2ncccc2-3)c1O.O=C(O)C(F)(F)F.O=C(O)C(F)(F)F. The van der Waals surface area contributed by atoms with E-state index in [1.807, 2.05) is 24.3 Å². The number of nitrogens with zero attached hydrogens (tertiary/aromatic N) is 3. The molecule has 11 nitrogen and oxygen atoms in total. The largest absolute Gasteiger partial charge is 0.504 e. The normalized spacial score (nSPS) is 11.5. The monoisotopic (exact) mass is 663 g/mol. The number of phenols is 1. The maximum absolute atomic E-state index is 10.7. The van der Waals surface area contributed by atoms with Crippen molar-refractivity contribution in [2.24, 2.45) is 0 Å². The molecule has 1 aliphatic heterocycles. The van der Waals surface area contributed by atoms with Gasteiger partial charge in [0.2, 0.25) is 0 Å². The number of benzene rings is 1. The predicted molar refractivity (Wildman–Crippen MR) is 137 cm³/mol. The summed E-state index contributed by atoms with van der Waals surface area (Å²) in [5.74, 6) is -3.91. The number of imidazole rings is 1. The topological polar surface area (TPSA) is 171 Å². The van der Waals surface area contributed by atoms with Crippen LogP contribution in [0.4, 0.5) is 37.8 Å². The number of ether oxygens (including phenoxy) is 1. The summed E-state index contributed by atoms with van der Waals surface area (Å²) in [5.41, 5.74) is 4.69. The number of nitrogens with one attached hydrogen (secondary N) is 2. The molecule has 4 aromatic rings. The van der Waals surface area contributed by atoms with Crippen molar-refractivity contribution in [3.05, 3.63) is 53.4 Å². The van der Waals surface area contributed by atoms with Gasteiger partial charge in [-0.2, -0.15) is 26.3 Å². The Bertz CT molecular complexity index is 1540. The Hall–Kier alpha value is -4.87. The number of fused-ring (bicyclic) bond motifs is 5. The number of aromatic nitrogens is 4. The molecule has 3 aromatic heterocycles. The van der Waals surface area contributed by atoms with Crippen LogP contribution in [0.25, 0.3) is 33.9 Å². The van der Waals surface area contributed by atoms with E-state index in [0.717, 1.165) is 28.2 Å². The zero-order valence-electron chi connectivity index (χ0n) is 20.7. The first-order valence-electron chi connectivity index (χ1n) is 11.0. The molecular formula is C24H16BrF6N5O6. The third-order valence-corrected chi connectivity index (χ3v) is 5.80. The summed E-state index contributed by atoms with van der Waals surface area (Å²) >= 11 is 3.51. The van der Waals surface area contributed by atoms with Gasteiger partial charge in [0.15, 0.2) is 11.5 Å². The minimum Gasteiger partial charge on any atom is -0.504 e. The number of pyridine rings is 2. The van der Waals surface area contributed by atoms with Crippen LogP contribution in [0, 0.1) is 0 Å². The van der Waals surface area contributed by atoms with E-state index in [2.05, 4.69) is 36.2 Å². The Kier molecular flexibility index (Phi) is 9.29. The van der Waals surface area contributed by atoms with E-state index in [1.54, 1.807) is 24.7 Å². The number of methoxy groups -OCH3 is 1. The third-order valence-electron chi connectivity index (χ3n) is 5.14. The van der Waals surface area contributed by atoms with Gasteiger partial charge in [-0.25, -0.2) is 19.6 Å². The number of rotatable bonds is 2. The Labute approximate surface area is 239 Å². The highest BCUT2D eigenvalue weighted by atomic mass is 79.9. The number of hydrogen-bond donors (Lipinski definition) is 5. The van der Waals surface area contributed by atoms with E-state index in [1.165, 1.54) is 7.11 Å². The minimum atomic E-state index is -5.08. The standard InChI is InChI=1S/C20H14BrN5O2.2C2HF3O2/c1-28-14-5-4-12(21)15(18(14)27)20-25-16-10-6-8-22-9-13(10)24-19-11(17(16)26-20)3-2-7-23-19;2*3-2(4,5)1(6)7/h2-9,27H,1H3,(H,23,24)(H,25,26);2*(H,6,7). The van der Waals surface area contributed by atoms with Crippen LogP contribution in [-0.2, 0) is 9.59 Å². The summed E-state index contributed by atoms with van der Waals surface area (Å²) in [6.45, 7) is 0. The molecule has 0 radical (unpaired) electrons. The van der Waals surface area contributed by atoms with Gasteiger partial charge in [-0.3, -0.25) is 4.98 Å². The van der Waals surface area contributed by atoms with Crippen LogP contribution in [0.2, 0.25) is 0 Å². The van der Waals surface area contributed by atoms with E-state index in [0.29, 0.717) is 27.4 Å². The van der Waals surface area contributed by atoms with E-state index in [-0.39, 0.29) is 5.75 Å². The Morgan fingerprint density at radius 1 is 0.952 bits per heavy atom. The van der Waals surface area contributed by atoms with Crippen molar-refractivity contribution >= 4 is 39.4 Å². The van der Waals surface area contributed by atoms with Crippen LogP contribution in [-0.4, -0.2) is 66.7 Å². The van der Waals surface area contributed by atoms with Crippen LogP contribution >= 0.6 is 15.9 Å². The molecule has 222 valence electrons. The van der Waals surface area contributed by atoms with Gasteiger partial charge in [0.1, 0.15) is 17.3 Å². The van der Waals surface area contributed by atoms with Gasteiger partial charge in [-0.05, 0) is 46.3 Å². The minimum absolute atomic E-state index is 0.0141. The van der Waals surface area contributed by atoms with Crippen LogP contribution in [0.5, 0.6) is 11.5 Å². The second-order valence-corrected chi connectivity index (χ2v) is 8.69. The van der Waals surface area contributed by atoms with Crippen molar-refractivity contribution in [1.29, 1.82) is 0 Å². The first kappa shape index (κ1) is 31.7. The first-order chi connectivity index (χ1) is 19.6. The molecule has 0 saturated carbocycles. The molecule has 0 bridgehead atoms. The quantitative estimate of drug-likeness (QED) is 0.141. The molecule has 5 N–H and O–H groups in total. The summed E-state index contributed by atoms with van der Waals surface area (Å²) in [7, 11) is 1.51. The van der Waals surface area contributed by atoms with E-state index < -0.39 is 24.3 Å². The van der Waals surface area contributed by atoms with Gasteiger partial charge < -0.3 is 30.4 Å². The number of H-pyrrole nitrogens is 1. The highest BCUT2D eigenvalue weighted by molar-refractivity contribution is 9.10. The van der Waals surface area contributed by atoms with Crippen molar-refractivity contribution in [2.75, 3.05) is 12.4 Å². The van der Waals surface area contributed by atoms with Crippen molar-refractivity contribution in [3.63, 3.8) is 0 Å². The molecular weight excluding hydrogens is 648 g/mol. The van der Waals surface area contributed by atoms with Crippen LogP contribution in [0.15, 0.2) is 53.4 Å². The van der Waals surface area contributed by atoms with Crippen molar-refractivity contribution in [1.82, 2.24) is 19.9 Å². The molecule has 0 atom stereocenters. The maximum Gasteiger partial charge on any atom is 0.490 e. The summed E-state index contributed by atoms with van der Waals surface area (Å²) in [6.07, 6.45) is -4.96. The number of phenolic OH excluding ortho intramolecular Hbond substituents is 1. The number of aliphatic carboxylic acids is 2. The number of aromatic hydroxyl groups is 1. The molecule has 0 amide bonds. The highest BCUT2D eigenvalue weighted by Crippen LogP contribution is 2.46. The molecule has 18 heteroatoms. The molecule has 1 aromatic carbocycles. The summed E-state index contributed by atoms with van der Waals surface area (Å²) < 4.78 is 69.4. The molecule has 42 heavy (non-hydrogen) atoms. The molecule has 0 fully saturated rings. The summed E-state index contributed by atoms with van der Waals surface area (Å²) in [5, 5.41) is 28.3. The van der Waals surface area contributed by atoms with Crippen molar-refractivity contribution in [2.45, 2.75) is 12.4 Å². The lowest BCUT2D eigenvalue weighted by Crippen LogP contribution is -2.21. The predicted octanol–water partition coefficient (Wildman–Crippen LogP) is 6.00. The van der Waals surface area contributed by atoms with E-state index >= 15 is 0 Å². The van der Waals surface area contributed by atoms with Crippen molar-refractivity contribution < 1.29 is 56.0 Å². The fourth-order valence-electron chi connectivity index (χ4n) is 3.35. The lowest BCUT2D eigenvalue weighted by atomic mass is 10.1. The number of carboxylic acids is 2. The number of hydrogen-bond acceptors (Lipinski definition) is 8. The van der Waals surface area contributed by atoms with E-state index in [4.69, 9.17) is 29.5 Å². The number of carboxylic acid groups (broad SMARTS) is 2.